The van der Waals surface area contributed by atoms with Gasteiger partial charge in [0.05, 0.1) is 24.2 Å². The summed E-state index contributed by atoms with van der Waals surface area (Å²) in [7, 11) is 1.52. The smallest absolute Gasteiger partial charge is 0.348 e. The number of aliphatic hydroxyl groups excluding tert-OH is 1. The van der Waals surface area contributed by atoms with E-state index >= 15 is 0 Å². The molecule has 4 N–H and O–H groups in total. The number of fused-ring (bicyclic) bond motifs is 10. The summed E-state index contributed by atoms with van der Waals surface area (Å²) in [6, 6.07) is 5.99. The first-order chi connectivity index (χ1) is 30.7. The molecule has 4 saturated carbocycles. The molecule has 1 aliphatic heterocycles. The highest BCUT2D eigenvalue weighted by Crippen LogP contribution is 2.75. The van der Waals surface area contributed by atoms with Gasteiger partial charge in [-0.05, 0) is 174 Å². The number of phenols is 1. The first-order valence-corrected chi connectivity index (χ1v) is 24.1. The van der Waals surface area contributed by atoms with E-state index in [9.17, 15) is 34.8 Å². The van der Waals surface area contributed by atoms with E-state index in [4.69, 9.17) is 13.9 Å². The van der Waals surface area contributed by atoms with Crippen LogP contribution in [0.1, 0.15) is 145 Å². The molecule has 10 nitrogen and oxygen atoms in total. The van der Waals surface area contributed by atoms with E-state index in [-0.39, 0.29) is 73.4 Å². The van der Waals surface area contributed by atoms with Crippen LogP contribution in [0.15, 0.2) is 62.9 Å². The number of carbonyl (C=O) groups is 2. The number of carboxylic acids is 1. The normalized spacial score (nSPS) is 34.7. The molecule has 0 bridgehead atoms. The Balaban J connectivity index is 0.000000180. The maximum absolute atomic E-state index is 14.2. The number of ether oxygens (including phenoxy) is 2. The van der Waals surface area contributed by atoms with E-state index in [2.05, 4.69) is 47.6 Å². The quantitative estimate of drug-likeness (QED) is 0.143. The van der Waals surface area contributed by atoms with E-state index < -0.39 is 22.6 Å². The fourth-order valence-corrected chi connectivity index (χ4v) is 14.3. The van der Waals surface area contributed by atoms with Gasteiger partial charge in [0.25, 0.3) is 0 Å². The number of hydrogen-bond acceptors (Lipinski definition) is 9. The Bertz CT molecular complexity index is 2640. The molecular weight excluding hydrogens is 833 g/mol. The van der Waals surface area contributed by atoms with Crippen molar-refractivity contribution in [1.82, 2.24) is 0 Å². The van der Waals surface area contributed by atoms with Crippen molar-refractivity contribution in [3.63, 3.8) is 0 Å². The van der Waals surface area contributed by atoms with Crippen molar-refractivity contribution in [2.24, 2.45) is 50.2 Å². The number of carboxylic acid groups (broad SMARTS) is 1. The number of ketones is 1. The summed E-state index contributed by atoms with van der Waals surface area (Å²) in [4.78, 5) is 39.4. The largest absolute Gasteiger partial charge is 0.508 e. The number of rotatable bonds is 5. The summed E-state index contributed by atoms with van der Waals surface area (Å²) in [5.41, 5.74) is 1.99. The van der Waals surface area contributed by atoms with Gasteiger partial charge in [-0.3, -0.25) is 9.59 Å². The molecule has 9 atom stereocenters. The molecule has 2 aromatic carbocycles. The maximum Gasteiger partial charge on any atom is 0.348 e. The van der Waals surface area contributed by atoms with Crippen LogP contribution >= 0.6 is 0 Å². The van der Waals surface area contributed by atoms with Gasteiger partial charge in [-0.1, -0.05) is 70.9 Å². The molecule has 10 heteroatoms. The predicted octanol–water partition coefficient (Wildman–Crippen LogP) is 12.0. The van der Waals surface area contributed by atoms with Gasteiger partial charge in [0.2, 0.25) is 0 Å². The second-order valence-corrected chi connectivity index (χ2v) is 23.6. The summed E-state index contributed by atoms with van der Waals surface area (Å²) in [5.74, 6) is 0.838. The van der Waals surface area contributed by atoms with Crippen LogP contribution in [-0.4, -0.2) is 51.0 Å². The first kappa shape index (κ1) is 47.7. The van der Waals surface area contributed by atoms with Crippen molar-refractivity contribution in [3.05, 3.63) is 75.2 Å². The molecule has 9 rings (SSSR count). The zero-order valence-corrected chi connectivity index (χ0v) is 41.2. The molecule has 6 aliphatic rings. The summed E-state index contributed by atoms with van der Waals surface area (Å²) < 4.78 is 17.8. The molecule has 0 amide bonds. The highest BCUT2D eigenvalue weighted by molar-refractivity contribution is 6.02. The first-order valence-electron chi connectivity index (χ1n) is 24.1. The van der Waals surface area contributed by atoms with Crippen molar-refractivity contribution in [1.29, 1.82) is 0 Å². The second kappa shape index (κ2) is 15.9. The van der Waals surface area contributed by atoms with E-state index in [1.807, 2.05) is 52.8 Å². The van der Waals surface area contributed by atoms with Gasteiger partial charge >= 0.3 is 11.6 Å². The minimum Gasteiger partial charge on any atom is -0.508 e. The number of aliphatic hydroxyl groups is 1. The van der Waals surface area contributed by atoms with Gasteiger partial charge < -0.3 is 34.3 Å². The lowest BCUT2D eigenvalue weighted by Crippen LogP contribution is -2.66. The lowest BCUT2D eigenvalue weighted by atomic mass is 9.33. The zero-order valence-electron chi connectivity index (χ0n) is 41.2. The van der Waals surface area contributed by atoms with Crippen LogP contribution in [0.25, 0.3) is 28.2 Å². The van der Waals surface area contributed by atoms with E-state index in [1.54, 1.807) is 12.1 Å². The Morgan fingerprint density at radius 2 is 1.56 bits per heavy atom. The van der Waals surface area contributed by atoms with Gasteiger partial charge in [0.15, 0.2) is 11.4 Å². The third kappa shape index (κ3) is 7.16. The number of benzene rings is 2. The number of carbonyl (C=O) groups excluding carboxylic acids is 1. The van der Waals surface area contributed by atoms with Crippen molar-refractivity contribution in [3.8, 4) is 34.1 Å². The van der Waals surface area contributed by atoms with Gasteiger partial charge in [0.1, 0.15) is 39.5 Å². The molecule has 0 saturated heterocycles. The second-order valence-electron chi connectivity index (χ2n) is 23.6. The van der Waals surface area contributed by atoms with Crippen molar-refractivity contribution in [2.45, 2.75) is 152 Å². The molecule has 0 radical (unpaired) electrons. The minimum absolute atomic E-state index is 0.00458. The standard InChI is InChI=1S/C30H46O4.C26H26O6/c1-25(2)21-8-11-30(7)23(28(21,5)10-9-22(25)32)20(31)16-18-19-17-27(4,24(33)34)13-12-26(19,3)14-15-29(18,30)6;1-14(2)6-11-17-22-18(12-13-26(3,4)32-22)24-20(23(17)30-5)21(28)19(25(29)31-24)15-7-9-16(27)10-8-15/h16,19,21-23,32H,8-15,17H2,1-7H3,(H,33,34);6-10,12-13,27-28H,11H2,1-5H3. The van der Waals surface area contributed by atoms with E-state index in [1.165, 1.54) is 24.8 Å². The van der Waals surface area contributed by atoms with Crippen LogP contribution in [0.4, 0.5) is 0 Å². The Morgan fingerprint density at radius 3 is 2.20 bits per heavy atom. The van der Waals surface area contributed by atoms with Crippen molar-refractivity contribution in [2.75, 3.05) is 7.11 Å². The van der Waals surface area contributed by atoms with Gasteiger partial charge in [0, 0.05) is 11.5 Å². The van der Waals surface area contributed by atoms with Gasteiger partial charge in [-0.25, -0.2) is 4.79 Å². The molecule has 4 fully saturated rings. The molecule has 66 heavy (non-hydrogen) atoms. The van der Waals surface area contributed by atoms with Crippen LogP contribution in [-0.2, 0) is 16.0 Å². The number of hydrogen-bond donors (Lipinski definition) is 4. The highest BCUT2D eigenvalue weighted by Gasteiger charge is 2.70. The van der Waals surface area contributed by atoms with Gasteiger partial charge in [-0.2, -0.15) is 0 Å². The van der Waals surface area contributed by atoms with Crippen LogP contribution in [0.2, 0.25) is 0 Å². The Hall–Kier alpha value is -4.83. The minimum atomic E-state index is -0.711. The van der Waals surface area contributed by atoms with Gasteiger partial charge in [-0.15, -0.1) is 0 Å². The molecule has 1 aromatic heterocycles. The summed E-state index contributed by atoms with van der Waals surface area (Å²) in [6.45, 7) is 23.7. The number of methoxy groups -OCH3 is 1. The molecule has 0 spiro atoms. The fourth-order valence-electron chi connectivity index (χ4n) is 14.3. The average Bonchev–Trinajstić information content (AvgIpc) is 3.23. The van der Waals surface area contributed by atoms with Crippen molar-refractivity contribution < 1.29 is 43.9 Å². The molecule has 5 aliphatic carbocycles. The number of aromatic hydroxyl groups is 2. The number of aliphatic carboxylic acids is 1. The molecule has 9 unspecified atom stereocenters. The summed E-state index contributed by atoms with van der Waals surface area (Å²) in [6.07, 6.45) is 16.3. The monoisotopic (exact) mass is 905 g/mol. The third-order valence-electron chi connectivity index (χ3n) is 18.5. The molecule has 356 valence electrons. The zero-order chi connectivity index (χ0) is 48.3. The molecule has 3 aromatic rings. The SMILES string of the molecule is CC1(C(=O)O)CCC2(C)CCC3(C)C(=CC(=O)C4C5(C)CCC(O)C(C)(C)C5CCC43C)C2C1.COc1c(CC=C(C)C)c2c(c3oc(=O)c(-c4ccc(O)cc4)c(O)c13)C=CC(C)(C)O2. The van der Waals surface area contributed by atoms with Crippen LogP contribution in [0, 0.1) is 50.2 Å². The van der Waals surface area contributed by atoms with Crippen LogP contribution in [0.5, 0.6) is 23.0 Å². The van der Waals surface area contributed by atoms with Crippen LogP contribution in [0.3, 0.4) is 0 Å². The summed E-state index contributed by atoms with van der Waals surface area (Å²) >= 11 is 0. The lowest BCUT2D eigenvalue weighted by molar-refractivity contribution is -0.202. The highest BCUT2D eigenvalue weighted by atomic mass is 16.5. The summed E-state index contributed by atoms with van der Waals surface area (Å²) in [5, 5.41) is 42.1. The Labute approximate surface area is 390 Å². The number of allylic oxidation sites excluding steroid dienone is 4. The van der Waals surface area contributed by atoms with E-state index in [0.29, 0.717) is 46.8 Å². The lowest BCUT2D eigenvalue weighted by Gasteiger charge is -2.70. The van der Waals surface area contributed by atoms with E-state index in [0.717, 1.165) is 62.5 Å². The Morgan fingerprint density at radius 1 is 0.894 bits per heavy atom. The third-order valence-corrected chi connectivity index (χ3v) is 18.5. The topological polar surface area (TPSA) is 164 Å². The Kier molecular flexibility index (Phi) is 11.5. The average molecular weight is 905 g/mol. The molecular formula is C56H72O10. The predicted molar refractivity (Wildman–Crippen MR) is 258 cm³/mol. The number of phenolic OH excluding ortho intramolecular Hbond substituents is 1. The fraction of sp³-hybridized carbons (Fsp3) is 0.589. The molecule has 2 heterocycles. The van der Waals surface area contributed by atoms with Crippen LogP contribution < -0.4 is 15.1 Å². The maximum atomic E-state index is 14.2. The van der Waals surface area contributed by atoms with Crippen molar-refractivity contribution >= 4 is 28.8 Å².